The zero-order chi connectivity index (χ0) is 27.1. The zero-order valence-electron chi connectivity index (χ0n) is 21.7. The largest absolute Gasteiger partial charge is 0.439 e. The van der Waals surface area contributed by atoms with E-state index < -0.39 is 0 Å². The first-order chi connectivity index (χ1) is 18.4. The van der Waals surface area contributed by atoms with Gasteiger partial charge < -0.3 is 20.3 Å². The second-order valence-electron chi connectivity index (χ2n) is 8.65. The van der Waals surface area contributed by atoms with E-state index in [1.807, 2.05) is 50.2 Å². The fourth-order valence-electron chi connectivity index (χ4n) is 3.60. The van der Waals surface area contributed by atoms with Crippen LogP contribution in [0.4, 0.5) is 17.1 Å². The third-order valence-electron chi connectivity index (χ3n) is 5.47. The van der Waals surface area contributed by atoms with Crippen LogP contribution in [-0.4, -0.2) is 70.6 Å². The van der Waals surface area contributed by atoms with E-state index in [9.17, 15) is 4.79 Å². The van der Waals surface area contributed by atoms with Crippen molar-refractivity contribution in [2.45, 2.75) is 6.92 Å². The SMILES string of the molecule is C=Nc1ccc(NC(=O)/C=C/CN(C)C)cc1/C(=N\C)Nc1ccc(Oc2cc3nncn3cn2)c(C)c1. The Kier molecular flexibility index (Phi) is 8.19. The zero-order valence-corrected chi connectivity index (χ0v) is 21.7. The molecule has 0 fully saturated rings. The molecule has 194 valence electrons. The van der Waals surface area contributed by atoms with E-state index >= 15 is 0 Å². The fraction of sp³-hybridized carbons (Fsp3) is 0.185. The molecule has 0 saturated carbocycles. The molecule has 2 N–H and O–H groups in total. The van der Waals surface area contributed by atoms with Crippen molar-refractivity contribution in [1.29, 1.82) is 0 Å². The van der Waals surface area contributed by atoms with Gasteiger partial charge >= 0.3 is 0 Å². The maximum absolute atomic E-state index is 12.3. The molecule has 0 saturated heterocycles. The molecule has 0 unspecified atom stereocenters. The summed E-state index contributed by atoms with van der Waals surface area (Å²) in [6, 6.07) is 12.8. The highest BCUT2D eigenvalue weighted by atomic mass is 16.5. The number of amidine groups is 1. The van der Waals surface area contributed by atoms with Crippen LogP contribution in [0.3, 0.4) is 0 Å². The van der Waals surface area contributed by atoms with Crippen molar-refractivity contribution >= 4 is 41.2 Å². The lowest BCUT2D eigenvalue weighted by Crippen LogP contribution is -2.15. The second-order valence-corrected chi connectivity index (χ2v) is 8.65. The highest BCUT2D eigenvalue weighted by Crippen LogP contribution is 2.28. The minimum Gasteiger partial charge on any atom is -0.439 e. The van der Waals surface area contributed by atoms with Crippen LogP contribution in [0.2, 0.25) is 0 Å². The van der Waals surface area contributed by atoms with Gasteiger partial charge in [0.1, 0.15) is 24.2 Å². The number of fused-ring (bicyclic) bond motifs is 1. The molecule has 1 amide bonds. The van der Waals surface area contributed by atoms with Gasteiger partial charge in [0.15, 0.2) is 5.65 Å². The van der Waals surface area contributed by atoms with Crippen LogP contribution < -0.4 is 15.4 Å². The van der Waals surface area contributed by atoms with Gasteiger partial charge in [-0.15, -0.1) is 10.2 Å². The lowest BCUT2D eigenvalue weighted by atomic mass is 10.1. The Morgan fingerprint density at radius 2 is 1.92 bits per heavy atom. The second kappa shape index (κ2) is 11.9. The molecule has 0 radical (unpaired) electrons. The first kappa shape index (κ1) is 26.2. The maximum Gasteiger partial charge on any atom is 0.248 e. The Balaban J connectivity index is 1.50. The Labute approximate surface area is 220 Å². The van der Waals surface area contributed by atoms with Crippen LogP contribution in [0.15, 0.2) is 77.3 Å². The lowest BCUT2D eigenvalue weighted by Gasteiger charge is -2.15. The van der Waals surface area contributed by atoms with Gasteiger partial charge in [0.2, 0.25) is 11.8 Å². The van der Waals surface area contributed by atoms with Crippen molar-refractivity contribution in [2.24, 2.45) is 9.98 Å². The minimum atomic E-state index is -0.219. The number of carbonyl (C=O) groups is 1. The number of hydrogen-bond donors (Lipinski definition) is 2. The third kappa shape index (κ3) is 6.45. The summed E-state index contributed by atoms with van der Waals surface area (Å²) < 4.78 is 7.67. The molecule has 0 aliphatic carbocycles. The Bertz CT molecular complexity index is 1520. The van der Waals surface area contributed by atoms with Gasteiger partial charge in [0.05, 0.1) is 5.69 Å². The standard InChI is InChI=1S/C27H29N9O2/c1-18-13-19(9-11-23(18)38-26-15-24-34-31-17-36(24)16-30-26)33-27(29-3)21-14-20(8-10-22(21)28-2)32-25(37)7-6-12-35(4)5/h6-11,13-17H,2,12H2,1,3-5H3,(H,29,33)(H,32,37)/b7-6+. The van der Waals surface area contributed by atoms with E-state index in [-0.39, 0.29) is 5.91 Å². The molecule has 2 aromatic carbocycles. The molecule has 0 aliphatic heterocycles. The van der Waals surface area contributed by atoms with E-state index in [4.69, 9.17) is 4.74 Å². The van der Waals surface area contributed by atoms with Crippen molar-refractivity contribution in [2.75, 3.05) is 38.3 Å². The van der Waals surface area contributed by atoms with Gasteiger partial charge in [-0.2, -0.15) is 0 Å². The number of aliphatic imine (C=N–C) groups is 2. The van der Waals surface area contributed by atoms with Crippen LogP contribution in [0.5, 0.6) is 11.6 Å². The van der Waals surface area contributed by atoms with Crippen molar-refractivity contribution in [3.8, 4) is 11.6 Å². The quantitative estimate of drug-likeness (QED) is 0.197. The number of anilines is 2. The first-order valence-electron chi connectivity index (χ1n) is 11.8. The Hall–Kier alpha value is -4.90. The third-order valence-corrected chi connectivity index (χ3v) is 5.47. The molecule has 4 aromatic rings. The minimum absolute atomic E-state index is 0.219. The summed E-state index contributed by atoms with van der Waals surface area (Å²) in [7, 11) is 5.56. The molecule has 11 nitrogen and oxygen atoms in total. The number of benzene rings is 2. The van der Waals surface area contributed by atoms with E-state index in [1.165, 1.54) is 6.08 Å². The molecule has 0 aliphatic rings. The van der Waals surface area contributed by atoms with E-state index in [0.717, 1.165) is 11.3 Å². The van der Waals surface area contributed by atoms with Gasteiger partial charge in [-0.05, 0) is 69.7 Å². The number of aromatic nitrogens is 4. The van der Waals surface area contributed by atoms with Gasteiger partial charge in [-0.3, -0.25) is 19.2 Å². The van der Waals surface area contributed by atoms with Crippen LogP contribution in [-0.2, 0) is 4.79 Å². The average molecular weight is 512 g/mol. The lowest BCUT2D eigenvalue weighted by molar-refractivity contribution is -0.111. The summed E-state index contributed by atoms with van der Waals surface area (Å²) >= 11 is 0. The van der Waals surface area contributed by atoms with E-state index in [2.05, 4.69) is 42.5 Å². The van der Waals surface area contributed by atoms with E-state index in [0.29, 0.717) is 46.6 Å². The van der Waals surface area contributed by atoms with E-state index in [1.54, 1.807) is 48.4 Å². The molecule has 0 spiro atoms. The van der Waals surface area contributed by atoms with Gasteiger partial charge in [0.25, 0.3) is 0 Å². The Morgan fingerprint density at radius 1 is 1.13 bits per heavy atom. The highest BCUT2D eigenvalue weighted by Gasteiger charge is 2.13. The van der Waals surface area contributed by atoms with Gasteiger partial charge in [-0.25, -0.2) is 4.98 Å². The molecule has 2 aromatic heterocycles. The number of likely N-dealkylation sites (N-methyl/N-ethyl adjacent to an activating group) is 1. The number of aryl methyl sites for hydroxylation is 1. The number of ether oxygens (including phenoxy) is 1. The summed E-state index contributed by atoms with van der Waals surface area (Å²) in [6.07, 6.45) is 6.49. The maximum atomic E-state index is 12.3. The summed E-state index contributed by atoms with van der Waals surface area (Å²) in [5.41, 5.74) is 4.28. The molecule has 0 bridgehead atoms. The molecule has 11 heteroatoms. The average Bonchev–Trinajstić information content (AvgIpc) is 3.36. The fourth-order valence-corrected chi connectivity index (χ4v) is 3.60. The number of nitrogens with one attached hydrogen (secondary N) is 2. The molecular weight excluding hydrogens is 482 g/mol. The predicted molar refractivity (Wildman–Crippen MR) is 150 cm³/mol. The summed E-state index contributed by atoms with van der Waals surface area (Å²) in [5.74, 6) is 1.42. The first-order valence-corrected chi connectivity index (χ1v) is 11.8. The van der Waals surface area contributed by atoms with Crippen molar-refractivity contribution < 1.29 is 9.53 Å². The summed E-state index contributed by atoms with van der Waals surface area (Å²) in [6.45, 7) is 6.29. The van der Waals surface area contributed by atoms with Crippen LogP contribution >= 0.6 is 0 Å². The molecule has 4 rings (SSSR count). The molecule has 38 heavy (non-hydrogen) atoms. The van der Waals surface area contributed by atoms with Crippen molar-refractivity contribution in [1.82, 2.24) is 24.5 Å². The highest BCUT2D eigenvalue weighted by molar-refractivity contribution is 6.12. The number of hydrogen-bond acceptors (Lipinski definition) is 8. The van der Waals surface area contributed by atoms with Crippen LogP contribution in [0.25, 0.3) is 5.65 Å². The number of rotatable bonds is 9. The van der Waals surface area contributed by atoms with Crippen LogP contribution in [0, 0.1) is 6.92 Å². The molecular formula is C27H29N9O2. The monoisotopic (exact) mass is 511 g/mol. The molecule has 0 atom stereocenters. The normalized spacial score (nSPS) is 11.8. The van der Waals surface area contributed by atoms with Crippen molar-refractivity contribution in [3.05, 3.63) is 78.4 Å². The number of carbonyl (C=O) groups excluding carboxylic acids is 1. The van der Waals surface area contributed by atoms with Gasteiger partial charge in [0, 0.05) is 42.7 Å². The van der Waals surface area contributed by atoms with Crippen molar-refractivity contribution in [3.63, 3.8) is 0 Å². The number of nitrogens with zero attached hydrogens (tertiary/aromatic N) is 7. The Morgan fingerprint density at radius 3 is 2.66 bits per heavy atom. The number of amides is 1. The summed E-state index contributed by atoms with van der Waals surface area (Å²) in [4.78, 5) is 27.1. The predicted octanol–water partition coefficient (Wildman–Crippen LogP) is 4.10. The topological polar surface area (TPSA) is 121 Å². The molecule has 2 heterocycles. The summed E-state index contributed by atoms with van der Waals surface area (Å²) in [5, 5.41) is 14.1. The smallest absolute Gasteiger partial charge is 0.248 e. The van der Waals surface area contributed by atoms with Crippen LogP contribution in [0.1, 0.15) is 11.1 Å². The van der Waals surface area contributed by atoms with Gasteiger partial charge in [-0.1, -0.05) is 6.08 Å².